The van der Waals surface area contributed by atoms with Gasteiger partial charge in [-0.25, -0.2) is 9.67 Å². The van der Waals surface area contributed by atoms with Gasteiger partial charge in [0.2, 0.25) is 5.88 Å². The monoisotopic (exact) mass is 446 g/mol. The van der Waals surface area contributed by atoms with E-state index in [-0.39, 0.29) is 12.5 Å². The quantitative estimate of drug-likeness (QED) is 0.419. The Morgan fingerprint density at radius 2 is 1.76 bits per heavy atom. The lowest BCUT2D eigenvalue weighted by atomic mass is 10.2. The number of nitrogens with zero attached hydrogens (tertiary/aromatic N) is 3. The van der Waals surface area contributed by atoms with Crippen LogP contribution in [-0.2, 0) is 11.8 Å². The number of nitrogens with one attached hydrogen (secondary N) is 1. The van der Waals surface area contributed by atoms with Crippen LogP contribution in [0.3, 0.4) is 0 Å². The average Bonchev–Trinajstić information content (AvgIpc) is 3.11. The molecule has 0 bridgehead atoms. The van der Waals surface area contributed by atoms with E-state index < -0.39 is 0 Å². The van der Waals surface area contributed by atoms with Crippen LogP contribution >= 0.6 is 0 Å². The number of rotatable bonds is 8. The summed E-state index contributed by atoms with van der Waals surface area (Å²) < 4.78 is 18.8. The van der Waals surface area contributed by atoms with Crippen LogP contribution in [-0.4, -0.2) is 33.9 Å². The number of pyridine rings is 1. The molecule has 0 radical (unpaired) electrons. The molecule has 8 nitrogen and oxygen atoms in total. The van der Waals surface area contributed by atoms with Crippen molar-refractivity contribution in [3.8, 4) is 23.1 Å². The van der Waals surface area contributed by atoms with Crippen LogP contribution in [0.5, 0.6) is 23.1 Å². The van der Waals surface area contributed by atoms with Gasteiger partial charge < -0.3 is 19.5 Å². The number of benzene rings is 2. The SMILES string of the molecule is CCOc1ccc(Oc2ccccc2NC(=O)COc2nn(C)c3nc(C)cc(C)c23)cc1. The first kappa shape index (κ1) is 22.1. The summed E-state index contributed by atoms with van der Waals surface area (Å²) in [5.41, 5.74) is 3.16. The predicted octanol–water partition coefficient (Wildman–Crippen LogP) is 4.79. The van der Waals surface area contributed by atoms with E-state index in [2.05, 4.69) is 15.4 Å². The maximum atomic E-state index is 12.6. The van der Waals surface area contributed by atoms with E-state index in [1.165, 1.54) is 0 Å². The minimum absolute atomic E-state index is 0.198. The van der Waals surface area contributed by atoms with E-state index >= 15 is 0 Å². The van der Waals surface area contributed by atoms with Gasteiger partial charge in [0.25, 0.3) is 5.91 Å². The molecular formula is C25H26N4O4. The number of aryl methyl sites for hydroxylation is 3. The number of hydrogen-bond donors (Lipinski definition) is 1. The van der Waals surface area contributed by atoms with Crippen molar-refractivity contribution in [2.75, 3.05) is 18.5 Å². The lowest BCUT2D eigenvalue weighted by Gasteiger charge is -2.13. The number of para-hydroxylation sites is 2. The van der Waals surface area contributed by atoms with Crippen molar-refractivity contribution in [1.29, 1.82) is 0 Å². The zero-order valence-corrected chi connectivity index (χ0v) is 19.1. The molecule has 2 aromatic heterocycles. The third-order valence-electron chi connectivity index (χ3n) is 4.95. The topological polar surface area (TPSA) is 87.5 Å². The summed E-state index contributed by atoms with van der Waals surface area (Å²) in [5, 5.41) is 8.03. The highest BCUT2D eigenvalue weighted by Gasteiger charge is 2.16. The molecule has 0 saturated heterocycles. The summed E-state index contributed by atoms with van der Waals surface area (Å²) in [6.45, 7) is 6.24. The molecule has 0 saturated carbocycles. The van der Waals surface area contributed by atoms with E-state index in [0.29, 0.717) is 29.7 Å². The molecule has 4 rings (SSSR count). The first-order valence-corrected chi connectivity index (χ1v) is 10.7. The van der Waals surface area contributed by atoms with Gasteiger partial charge in [-0.05, 0) is 68.8 Å². The van der Waals surface area contributed by atoms with E-state index in [0.717, 1.165) is 28.0 Å². The maximum absolute atomic E-state index is 12.6. The number of hydrogen-bond acceptors (Lipinski definition) is 6. The molecule has 2 heterocycles. The number of carbonyl (C=O) groups excluding carboxylic acids is 1. The minimum atomic E-state index is -0.325. The lowest BCUT2D eigenvalue weighted by Crippen LogP contribution is -2.20. The molecule has 1 amide bonds. The summed E-state index contributed by atoms with van der Waals surface area (Å²) >= 11 is 0. The van der Waals surface area contributed by atoms with Gasteiger partial charge in [-0.2, -0.15) is 0 Å². The second-order valence-electron chi connectivity index (χ2n) is 7.55. The highest BCUT2D eigenvalue weighted by atomic mass is 16.5. The van der Waals surface area contributed by atoms with Gasteiger partial charge in [0.05, 0.1) is 17.7 Å². The normalized spacial score (nSPS) is 10.8. The van der Waals surface area contributed by atoms with Gasteiger partial charge in [-0.1, -0.05) is 12.1 Å². The fourth-order valence-corrected chi connectivity index (χ4v) is 3.53. The average molecular weight is 447 g/mol. The summed E-state index contributed by atoms with van der Waals surface area (Å²) in [7, 11) is 1.80. The van der Waals surface area contributed by atoms with Gasteiger partial charge in [0.1, 0.15) is 11.5 Å². The van der Waals surface area contributed by atoms with Crippen LogP contribution < -0.4 is 19.5 Å². The largest absolute Gasteiger partial charge is 0.494 e. The Hall–Kier alpha value is -4.07. The Morgan fingerprint density at radius 1 is 1.03 bits per heavy atom. The third-order valence-corrected chi connectivity index (χ3v) is 4.95. The Labute approximate surface area is 192 Å². The van der Waals surface area contributed by atoms with Gasteiger partial charge in [0, 0.05) is 12.7 Å². The van der Waals surface area contributed by atoms with Crippen molar-refractivity contribution in [2.45, 2.75) is 20.8 Å². The Balaban J connectivity index is 1.44. The maximum Gasteiger partial charge on any atom is 0.262 e. The van der Waals surface area contributed by atoms with Crippen LogP contribution in [0.4, 0.5) is 5.69 Å². The van der Waals surface area contributed by atoms with Crippen LogP contribution in [0.1, 0.15) is 18.2 Å². The standard InChI is InChI=1S/C25H26N4O4/c1-5-31-18-10-12-19(13-11-18)33-21-9-7-6-8-20(21)27-22(30)15-32-25-23-16(2)14-17(3)26-24(23)29(4)28-25/h6-14H,5,15H2,1-4H3,(H,27,30). The molecule has 33 heavy (non-hydrogen) atoms. The number of fused-ring (bicyclic) bond motifs is 1. The molecule has 0 aliphatic rings. The van der Waals surface area contributed by atoms with Crippen LogP contribution in [0.25, 0.3) is 11.0 Å². The van der Waals surface area contributed by atoms with Gasteiger partial charge >= 0.3 is 0 Å². The molecule has 0 fully saturated rings. The smallest absolute Gasteiger partial charge is 0.262 e. The van der Waals surface area contributed by atoms with E-state index in [1.54, 1.807) is 23.9 Å². The third kappa shape index (κ3) is 5.06. The molecule has 1 N–H and O–H groups in total. The minimum Gasteiger partial charge on any atom is -0.494 e. The highest BCUT2D eigenvalue weighted by molar-refractivity contribution is 5.94. The van der Waals surface area contributed by atoms with Crippen molar-refractivity contribution in [3.05, 3.63) is 65.9 Å². The van der Waals surface area contributed by atoms with Crippen molar-refractivity contribution < 1.29 is 19.0 Å². The molecule has 170 valence electrons. The number of amides is 1. The van der Waals surface area contributed by atoms with Gasteiger partial charge in [0.15, 0.2) is 18.0 Å². The fourth-order valence-electron chi connectivity index (χ4n) is 3.53. The molecule has 8 heteroatoms. The molecule has 0 aliphatic carbocycles. The fraction of sp³-hybridized carbons (Fsp3) is 0.240. The van der Waals surface area contributed by atoms with E-state index in [4.69, 9.17) is 14.2 Å². The summed E-state index contributed by atoms with van der Waals surface area (Å²) in [4.78, 5) is 17.1. The van der Waals surface area contributed by atoms with Crippen LogP contribution in [0.15, 0.2) is 54.6 Å². The Kier molecular flexibility index (Phi) is 6.44. The van der Waals surface area contributed by atoms with Gasteiger partial charge in [-0.15, -0.1) is 5.10 Å². The second-order valence-corrected chi connectivity index (χ2v) is 7.55. The second kappa shape index (κ2) is 9.60. The number of aromatic nitrogens is 3. The Bertz CT molecular complexity index is 1280. The first-order valence-electron chi connectivity index (χ1n) is 10.7. The van der Waals surface area contributed by atoms with Crippen molar-refractivity contribution in [3.63, 3.8) is 0 Å². The highest BCUT2D eigenvalue weighted by Crippen LogP contribution is 2.31. The van der Waals surface area contributed by atoms with Crippen molar-refractivity contribution in [2.24, 2.45) is 7.05 Å². The molecule has 0 atom stereocenters. The van der Waals surface area contributed by atoms with E-state index in [9.17, 15) is 4.79 Å². The molecule has 0 aliphatic heterocycles. The van der Waals surface area contributed by atoms with Crippen LogP contribution in [0, 0.1) is 13.8 Å². The van der Waals surface area contributed by atoms with Crippen LogP contribution in [0.2, 0.25) is 0 Å². The number of carbonyl (C=O) groups is 1. The summed E-state index contributed by atoms with van der Waals surface area (Å²) in [6, 6.07) is 16.5. The molecule has 4 aromatic rings. The van der Waals surface area contributed by atoms with Crippen molar-refractivity contribution in [1.82, 2.24) is 14.8 Å². The molecular weight excluding hydrogens is 420 g/mol. The molecule has 0 spiro atoms. The van der Waals surface area contributed by atoms with Crippen molar-refractivity contribution >= 4 is 22.6 Å². The summed E-state index contributed by atoms with van der Waals surface area (Å²) in [5.74, 6) is 1.98. The zero-order chi connectivity index (χ0) is 23.4. The van der Waals surface area contributed by atoms with E-state index in [1.807, 2.05) is 63.2 Å². The summed E-state index contributed by atoms with van der Waals surface area (Å²) in [6.07, 6.45) is 0. The Morgan fingerprint density at radius 3 is 2.52 bits per heavy atom. The predicted molar refractivity (Wildman–Crippen MR) is 126 cm³/mol. The zero-order valence-electron chi connectivity index (χ0n) is 19.1. The lowest BCUT2D eigenvalue weighted by molar-refractivity contribution is -0.118. The number of ether oxygens (including phenoxy) is 3. The first-order chi connectivity index (χ1) is 15.9. The number of anilines is 1. The molecule has 0 unspecified atom stereocenters. The van der Waals surface area contributed by atoms with Gasteiger partial charge in [-0.3, -0.25) is 4.79 Å². The molecule has 2 aromatic carbocycles.